The highest BCUT2D eigenvalue weighted by molar-refractivity contribution is 5.89. The highest BCUT2D eigenvalue weighted by Gasteiger charge is 2.16. The number of amides is 2. The minimum Gasteiger partial charge on any atom is -0.478 e. The molecule has 1 aromatic heterocycles. The highest BCUT2D eigenvalue weighted by Crippen LogP contribution is 2.14. The minimum atomic E-state index is -1.10. The molecule has 0 radical (unpaired) electrons. The Balaban J connectivity index is 3.08. The van der Waals surface area contributed by atoms with Crippen molar-refractivity contribution in [3.05, 3.63) is 23.4 Å². The van der Waals surface area contributed by atoms with Crippen LogP contribution in [0.1, 0.15) is 16.1 Å². The number of carboxylic acid groups (broad SMARTS) is 1. The number of rotatable bonds is 6. The Labute approximate surface area is 109 Å². The first-order valence-electron chi connectivity index (χ1n) is 5.33. The molecule has 0 aliphatic carbocycles. The standard InChI is InChI=1S/C11H14N4O4/c1-6-7(11(18)19)2-3-10(14-6)15(4-8(12)16)5-9(13)17/h2-3H,4-5H2,1H3,(H2,12,16)(H2,13,17)(H,18,19). The van der Waals surface area contributed by atoms with Crippen molar-refractivity contribution in [1.29, 1.82) is 0 Å². The molecule has 0 fully saturated rings. The lowest BCUT2D eigenvalue weighted by Gasteiger charge is -2.21. The van der Waals surface area contributed by atoms with Gasteiger partial charge in [0.05, 0.1) is 24.3 Å². The smallest absolute Gasteiger partial charge is 0.337 e. The number of carbonyl (C=O) groups is 3. The third-order valence-corrected chi connectivity index (χ3v) is 2.32. The zero-order valence-corrected chi connectivity index (χ0v) is 10.3. The normalized spacial score (nSPS) is 9.95. The van der Waals surface area contributed by atoms with Crippen molar-refractivity contribution < 1.29 is 19.5 Å². The fourth-order valence-electron chi connectivity index (χ4n) is 1.54. The van der Waals surface area contributed by atoms with Gasteiger partial charge in [0.2, 0.25) is 11.8 Å². The summed E-state index contributed by atoms with van der Waals surface area (Å²) in [4.78, 5) is 38.0. The number of aromatic carboxylic acids is 1. The number of nitrogens with two attached hydrogens (primary N) is 2. The largest absolute Gasteiger partial charge is 0.478 e. The van der Waals surface area contributed by atoms with Gasteiger partial charge in [0.15, 0.2) is 0 Å². The zero-order chi connectivity index (χ0) is 14.6. The molecule has 0 aliphatic heterocycles. The van der Waals surface area contributed by atoms with E-state index in [1.807, 2.05) is 0 Å². The van der Waals surface area contributed by atoms with E-state index in [0.717, 1.165) is 0 Å². The summed E-state index contributed by atoms with van der Waals surface area (Å²) in [7, 11) is 0. The van der Waals surface area contributed by atoms with Crippen molar-refractivity contribution in [1.82, 2.24) is 4.98 Å². The van der Waals surface area contributed by atoms with Crippen molar-refractivity contribution in [2.75, 3.05) is 18.0 Å². The molecule has 1 aromatic rings. The molecule has 8 nitrogen and oxygen atoms in total. The number of carbonyl (C=O) groups excluding carboxylic acids is 2. The van der Waals surface area contributed by atoms with Crippen LogP contribution >= 0.6 is 0 Å². The fraction of sp³-hybridized carbons (Fsp3) is 0.273. The number of aryl methyl sites for hydroxylation is 1. The second-order valence-corrected chi connectivity index (χ2v) is 3.90. The summed E-state index contributed by atoms with van der Waals surface area (Å²) in [6.07, 6.45) is 0. The van der Waals surface area contributed by atoms with Gasteiger partial charge in [-0.1, -0.05) is 0 Å². The monoisotopic (exact) mass is 266 g/mol. The molecule has 0 bridgehead atoms. The molecule has 0 saturated carbocycles. The fourth-order valence-corrected chi connectivity index (χ4v) is 1.54. The number of anilines is 1. The summed E-state index contributed by atoms with van der Waals surface area (Å²) in [6, 6.07) is 2.73. The van der Waals surface area contributed by atoms with E-state index in [1.165, 1.54) is 24.0 Å². The lowest BCUT2D eigenvalue weighted by molar-refractivity contribution is -0.117. The van der Waals surface area contributed by atoms with E-state index in [1.54, 1.807) is 0 Å². The Bertz CT molecular complexity index is 513. The number of hydrogen-bond donors (Lipinski definition) is 3. The first kappa shape index (κ1) is 14.4. The molecular formula is C11H14N4O4. The van der Waals surface area contributed by atoms with E-state index in [-0.39, 0.29) is 30.2 Å². The maximum atomic E-state index is 10.9. The van der Waals surface area contributed by atoms with Crippen LogP contribution in [0.15, 0.2) is 12.1 Å². The van der Waals surface area contributed by atoms with Crippen molar-refractivity contribution in [2.24, 2.45) is 11.5 Å². The van der Waals surface area contributed by atoms with Crippen LogP contribution < -0.4 is 16.4 Å². The van der Waals surface area contributed by atoms with E-state index in [0.29, 0.717) is 0 Å². The summed E-state index contributed by atoms with van der Waals surface area (Å²) in [5.74, 6) is -2.14. The Morgan fingerprint density at radius 2 is 1.74 bits per heavy atom. The van der Waals surface area contributed by atoms with Crippen LogP contribution in [0.5, 0.6) is 0 Å². The van der Waals surface area contributed by atoms with Crippen molar-refractivity contribution in [3.63, 3.8) is 0 Å². The van der Waals surface area contributed by atoms with E-state index in [9.17, 15) is 14.4 Å². The lowest BCUT2D eigenvalue weighted by atomic mass is 10.2. The number of primary amides is 2. The summed E-state index contributed by atoms with van der Waals surface area (Å²) in [5, 5.41) is 8.88. The Morgan fingerprint density at radius 3 is 2.11 bits per heavy atom. The molecule has 0 atom stereocenters. The van der Waals surface area contributed by atoms with E-state index in [4.69, 9.17) is 16.6 Å². The number of carboxylic acids is 1. The van der Waals surface area contributed by atoms with Crippen molar-refractivity contribution in [3.8, 4) is 0 Å². The molecule has 0 aromatic carbocycles. The Kier molecular flexibility index (Phi) is 4.41. The van der Waals surface area contributed by atoms with Gasteiger partial charge in [0.25, 0.3) is 0 Å². The molecule has 1 heterocycles. The molecule has 0 aliphatic rings. The van der Waals surface area contributed by atoms with Gasteiger partial charge in [-0.15, -0.1) is 0 Å². The van der Waals surface area contributed by atoms with Gasteiger partial charge in [-0.2, -0.15) is 0 Å². The van der Waals surface area contributed by atoms with Crippen LogP contribution in [0, 0.1) is 6.92 Å². The summed E-state index contributed by atoms with van der Waals surface area (Å²) < 4.78 is 0. The lowest BCUT2D eigenvalue weighted by Crippen LogP contribution is -2.40. The zero-order valence-electron chi connectivity index (χ0n) is 10.3. The molecule has 8 heteroatoms. The van der Waals surface area contributed by atoms with E-state index in [2.05, 4.69) is 4.98 Å². The van der Waals surface area contributed by atoms with Crippen LogP contribution in [-0.2, 0) is 9.59 Å². The topological polar surface area (TPSA) is 140 Å². The molecule has 0 saturated heterocycles. The molecule has 0 unspecified atom stereocenters. The van der Waals surface area contributed by atoms with Crippen LogP contribution in [-0.4, -0.2) is 41.0 Å². The highest BCUT2D eigenvalue weighted by atomic mass is 16.4. The molecule has 0 spiro atoms. The van der Waals surface area contributed by atoms with Gasteiger partial charge in [-0.05, 0) is 19.1 Å². The number of hydrogen-bond acceptors (Lipinski definition) is 5. The summed E-state index contributed by atoms with van der Waals surface area (Å²) >= 11 is 0. The minimum absolute atomic E-state index is 0.0434. The van der Waals surface area contributed by atoms with Gasteiger partial charge >= 0.3 is 5.97 Å². The average molecular weight is 266 g/mol. The Morgan fingerprint density at radius 1 is 1.21 bits per heavy atom. The second-order valence-electron chi connectivity index (χ2n) is 3.90. The Hall–Kier alpha value is -2.64. The van der Waals surface area contributed by atoms with Gasteiger partial charge < -0.3 is 21.5 Å². The predicted molar refractivity (Wildman–Crippen MR) is 66.5 cm³/mol. The summed E-state index contributed by atoms with van der Waals surface area (Å²) in [6.45, 7) is 1.04. The number of aromatic nitrogens is 1. The van der Waals surface area contributed by atoms with Gasteiger partial charge in [0, 0.05) is 0 Å². The third-order valence-electron chi connectivity index (χ3n) is 2.32. The van der Waals surface area contributed by atoms with Gasteiger partial charge in [-0.3, -0.25) is 9.59 Å². The van der Waals surface area contributed by atoms with E-state index >= 15 is 0 Å². The summed E-state index contributed by atoms with van der Waals surface area (Å²) in [5.41, 5.74) is 10.4. The quantitative estimate of drug-likeness (QED) is 0.595. The van der Waals surface area contributed by atoms with Crippen molar-refractivity contribution >= 4 is 23.6 Å². The molecule has 2 amide bonds. The van der Waals surface area contributed by atoms with Crippen LogP contribution in [0.3, 0.4) is 0 Å². The van der Waals surface area contributed by atoms with Crippen LogP contribution in [0.4, 0.5) is 5.82 Å². The molecule has 19 heavy (non-hydrogen) atoms. The second kappa shape index (κ2) is 5.80. The van der Waals surface area contributed by atoms with E-state index < -0.39 is 17.8 Å². The predicted octanol–water partition coefficient (Wildman–Crippen LogP) is -1.13. The first-order chi connectivity index (χ1) is 8.81. The number of pyridine rings is 1. The van der Waals surface area contributed by atoms with Crippen LogP contribution in [0.2, 0.25) is 0 Å². The van der Waals surface area contributed by atoms with Gasteiger partial charge in [0.1, 0.15) is 5.82 Å². The SMILES string of the molecule is Cc1nc(N(CC(N)=O)CC(N)=O)ccc1C(=O)O. The molecule has 1 rings (SSSR count). The number of nitrogens with zero attached hydrogens (tertiary/aromatic N) is 2. The maximum Gasteiger partial charge on any atom is 0.337 e. The molecule has 102 valence electrons. The maximum absolute atomic E-state index is 10.9. The van der Waals surface area contributed by atoms with Crippen molar-refractivity contribution in [2.45, 2.75) is 6.92 Å². The van der Waals surface area contributed by atoms with Crippen LogP contribution in [0.25, 0.3) is 0 Å². The third kappa shape index (κ3) is 3.95. The molecular weight excluding hydrogens is 252 g/mol. The first-order valence-corrected chi connectivity index (χ1v) is 5.33. The van der Waals surface area contributed by atoms with Gasteiger partial charge in [-0.25, -0.2) is 9.78 Å². The molecule has 5 N–H and O–H groups in total. The average Bonchev–Trinajstić information content (AvgIpc) is 2.26.